The van der Waals surface area contributed by atoms with Crippen molar-refractivity contribution in [3.8, 4) is 0 Å². The monoisotopic (exact) mass is 289 g/mol. The molecular formula is C11H16BrNOS. The van der Waals surface area contributed by atoms with Crippen LogP contribution in [0.2, 0.25) is 0 Å². The summed E-state index contributed by atoms with van der Waals surface area (Å²) in [6.07, 6.45) is 0.216. The minimum absolute atomic E-state index is 0.216. The summed E-state index contributed by atoms with van der Waals surface area (Å²) in [6, 6.07) is 4.77. The topological polar surface area (TPSA) is 21.3 Å². The van der Waals surface area contributed by atoms with Gasteiger partial charge in [-0.2, -0.15) is 0 Å². The molecule has 0 spiro atoms. The van der Waals surface area contributed by atoms with E-state index in [9.17, 15) is 0 Å². The van der Waals surface area contributed by atoms with Crippen LogP contribution < -0.4 is 5.32 Å². The maximum Gasteiger partial charge on any atom is 0.104 e. The molecule has 1 aliphatic rings. The Balaban J connectivity index is 2.05. The van der Waals surface area contributed by atoms with Crippen LogP contribution in [-0.2, 0) is 4.74 Å². The Kier molecular flexibility index (Phi) is 3.83. The lowest BCUT2D eigenvalue weighted by molar-refractivity contribution is 0.0518. The Hall–Kier alpha value is 0.1000. The number of thiophene rings is 1. The van der Waals surface area contributed by atoms with Crippen LogP contribution in [0.5, 0.6) is 0 Å². The number of nitrogens with one attached hydrogen (secondary N) is 1. The van der Waals surface area contributed by atoms with E-state index in [1.165, 1.54) is 8.66 Å². The molecule has 84 valence electrons. The zero-order valence-electron chi connectivity index (χ0n) is 9.00. The first-order valence-electron chi connectivity index (χ1n) is 5.27. The molecule has 0 saturated carbocycles. The van der Waals surface area contributed by atoms with E-state index in [0.29, 0.717) is 12.0 Å². The van der Waals surface area contributed by atoms with E-state index in [4.69, 9.17) is 4.74 Å². The van der Waals surface area contributed by atoms with Crippen LogP contribution in [0.4, 0.5) is 0 Å². The third kappa shape index (κ3) is 2.81. The highest BCUT2D eigenvalue weighted by Crippen LogP contribution is 2.30. The molecule has 2 rings (SSSR count). The molecular weight excluding hydrogens is 274 g/mol. The molecule has 15 heavy (non-hydrogen) atoms. The van der Waals surface area contributed by atoms with Gasteiger partial charge in [0.1, 0.15) is 6.10 Å². The summed E-state index contributed by atoms with van der Waals surface area (Å²) < 4.78 is 7.08. The molecule has 1 aromatic rings. The summed E-state index contributed by atoms with van der Waals surface area (Å²) in [5.74, 6) is 0.582. The number of ether oxygens (including phenoxy) is 1. The largest absolute Gasteiger partial charge is 0.371 e. The van der Waals surface area contributed by atoms with Gasteiger partial charge in [0.25, 0.3) is 0 Å². The Labute approximate surface area is 103 Å². The smallest absolute Gasteiger partial charge is 0.104 e. The predicted octanol–water partition coefficient (Wildman–Crippen LogP) is 3.20. The van der Waals surface area contributed by atoms with Crippen molar-refractivity contribution in [3.05, 3.63) is 20.8 Å². The van der Waals surface area contributed by atoms with Crippen LogP contribution in [0.3, 0.4) is 0 Å². The third-order valence-corrected chi connectivity index (χ3v) is 4.67. The van der Waals surface area contributed by atoms with Gasteiger partial charge in [-0.3, -0.25) is 0 Å². The lowest BCUT2D eigenvalue weighted by Gasteiger charge is -2.15. The van der Waals surface area contributed by atoms with Crippen molar-refractivity contribution < 1.29 is 4.74 Å². The molecule has 2 heterocycles. The highest BCUT2D eigenvalue weighted by molar-refractivity contribution is 9.11. The van der Waals surface area contributed by atoms with Crippen molar-refractivity contribution in [2.45, 2.75) is 26.0 Å². The first-order chi connectivity index (χ1) is 7.16. The second-order valence-electron chi connectivity index (χ2n) is 4.14. The lowest BCUT2D eigenvalue weighted by Crippen LogP contribution is -2.32. The van der Waals surface area contributed by atoms with Gasteiger partial charge in [0, 0.05) is 17.5 Å². The molecule has 1 fully saturated rings. The molecule has 4 heteroatoms. The normalized spacial score (nSPS) is 32.6. The Morgan fingerprint density at radius 1 is 1.47 bits per heavy atom. The number of hydrogen-bond acceptors (Lipinski definition) is 3. The van der Waals surface area contributed by atoms with Crippen molar-refractivity contribution in [1.29, 1.82) is 0 Å². The summed E-state index contributed by atoms with van der Waals surface area (Å²) in [5, 5.41) is 3.52. The van der Waals surface area contributed by atoms with Crippen molar-refractivity contribution in [3.63, 3.8) is 0 Å². The van der Waals surface area contributed by atoms with E-state index < -0.39 is 0 Å². The van der Waals surface area contributed by atoms with Gasteiger partial charge >= 0.3 is 0 Å². The average molecular weight is 290 g/mol. The van der Waals surface area contributed by atoms with Crippen LogP contribution in [-0.4, -0.2) is 19.2 Å². The van der Waals surface area contributed by atoms with Crippen molar-refractivity contribution in [2.75, 3.05) is 13.2 Å². The number of halogens is 1. The second kappa shape index (κ2) is 4.95. The summed E-state index contributed by atoms with van der Waals surface area (Å²) in [7, 11) is 0. The lowest BCUT2D eigenvalue weighted by atomic mass is 10.1. The van der Waals surface area contributed by atoms with E-state index in [0.717, 1.165) is 13.2 Å². The standard InChI is InChI=1S/C11H16BrNOS/c1-7-6-14-9(5-13-8(7)2)10-3-4-11(12)15-10/h3-4,7-9,13H,5-6H2,1-2H3. The van der Waals surface area contributed by atoms with Crippen LogP contribution in [0.15, 0.2) is 15.9 Å². The average Bonchev–Trinajstić information content (AvgIpc) is 2.56. The van der Waals surface area contributed by atoms with Crippen LogP contribution in [0, 0.1) is 5.92 Å². The second-order valence-corrected chi connectivity index (χ2v) is 6.63. The van der Waals surface area contributed by atoms with Gasteiger partial charge in [-0.1, -0.05) is 6.92 Å². The Morgan fingerprint density at radius 2 is 2.27 bits per heavy atom. The molecule has 1 aliphatic heterocycles. The quantitative estimate of drug-likeness (QED) is 0.857. The number of rotatable bonds is 1. The van der Waals surface area contributed by atoms with E-state index >= 15 is 0 Å². The van der Waals surface area contributed by atoms with Gasteiger partial charge in [-0.05, 0) is 40.9 Å². The molecule has 1 N–H and O–H groups in total. The van der Waals surface area contributed by atoms with Crippen LogP contribution >= 0.6 is 27.3 Å². The first-order valence-corrected chi connectivity index (χ1v) is 6.88. The Bertz CT molecular complexity index is 316. The molecule has 0 bridgehead atoms. The maximum atomic E-state index is 5.91. The van der Waals surface area contributed by atoms with Crippen molar-refractivity contribution >= 4 is 27.3 Å². The van der Waals surface area contributed by atoms with Gasteiger partial charge in [0.2, 0.25) is 0 Å². The fraction of sp³-hybridized carbons (Fsp3) is 0.636. The zero-order chi connectivity index (χ0) is 10.8. The molecule has 0 aromatic carbocycles. The van der Waals surface area contributed by atoms with Gasteiger partial charge in [0.15, 0.2) is 0 Å². The van der Waals surface area contributed by atoms with Crippen molar-refractivity contribution in [1.82, 2.24) is 5.32 Å². The SMILES string of the molecule is CC1COC(c2ccc(Br)s2)CNC1C. The van der Waals surface area contributed by atoms with E-state index in [1.807, 2.05) is 0 Å². The Morgan fingerprint density at radius 3 is 2.93 bits per heavy atom. The fourth-order valence-corrected chi connectivity index (χ4v) is 3.12. The highest BCUT2D eigenvalue weighted by atomic mass is 79.9. The summed E-state index contributed by atoms with van der Waals surface area (Å²) in [6.45, 7) is 6.21. The van der Waals surface area contributed by atoms with E-state index in [1.54, 1.807) is 11.3 Å². The van der Waals surface area contributed by atoms with E-state index in [-0.39, 0.29) is 6.10 Å². The van der Waals surface area contributed by atoms with Gasteiger partial charge in [-0.15, -0.1) is 11.3 Å². The number of hydrogen-bond donors (Lipinski definition) is 1. The maximum absolute atomic E-state index is 5.91. The molecule has 0 radical (unpaired) electrons. The summed E-state index contributed by atoms with van der Waals surface area (Å²) in [4.78, 5) is 1.30. The molecule has 2 nitrogen and oxygen atoms in total. The van der Waals surface area contributed by atoms with Crippen LogP contribution in [0.1, 0.15) is 24.8 Å². The van der Waals surface area contributed by atoms with Crippen molar-refractivity contribution in [2.24, 2.45) is 5.92 Å². The van der Waals surface area contributed by atoms with Gasteiger partial charge < -0.3 is 10.1 Å². The zero-order valence-corrected chi connectivity index (χ0v) is 11.4. The highest BCUT2D eigenvalue weighted by Gasteiger charge is 2.23. The van der Waals surface area contributed by atoms with E-state index in [2.05, 4.69) is 47.2 Å². The summed E-state index contributed by atoms with van der Waals surface area (Å²) >= 11 is 5.24. The van der Waals surface area contributed by atoms with Gasteiger partial charge in [0.05, 0.1) is 10.4 Å². The van der Waals surface area contributed by atoms with Crippen LogP contribution in [0.25, 0.3) is 0 Å². The predicted molar refractivity (Wildman–Crippen MR) is 67.3 cm³/mol. The molecule has 0 aliphatic carbocycles. The fourth-order valence-electron chi connectivity index (χ4n) is 1.65. The molecule has 3 unspecified atom stereocenters. The first kappa shape index (κ1) is 11.6. The molecule has 1 saturated heterocycles. The minimum Gasteiger partial charge on any atom is -0.371 e. The molecule has 1 aromatic heterocycles. The summed E-state index contributed by atoms with van der Waals surface area (Å²) in [5.41, 5.74) is 0. The molecule has 3 atom stereocenters. The minimum atomic E-state index is 0.216. The third-order valence-electron chi connectivity index (χ3n) is 2.95. The molecule has 0 amide bonds. The van der Waals surface area contributed by atoms with Gasteiger partial charge in [-0.25, -0.2) is 0 Å².